The van der Waals surface area contributed by atoms with E-state index in [-0.39, 0.29) is 5.97 Å². The summed E-state index contributed by atoms with van der Waals surface area (Å²) in [5.74, 6) is 0.401. The molecule has 2 atom stereocenters. The van der Waals surface area contributed by atoms with Crippen LogP contribution in [0, 0.1) is 11.3 Å². The third-order valence-corrected chi connectivity index (χ3v) is 3.41. The second-order valence-corrected chi connectivity index (χ2v) is 4.88. The molecule has 16 heavy (non-hydrogen) atoms. The molecule has 2 unspecified atom stereocenters. The van der Waals surface area contributed by atoms with Crippen LogP contribution in [0.2, 0.25) is 0 Å². The minimum absolute atomic E-state index is 0.176. The average molecular weight is 229 g/mol. The van der Waals surface area contributed by atoms with Gasteiger partial charge in [-0.2, -0.15) is 0 Å². The van der Waals surface area contributed by atoms with Gasteiger partial charge in [0.05, 0.1) is 12.5 Å². The zero-order valence-corrected chi connectivity index (χ0v) is 11.2. The van der Waals surface area contributed by atoms with E-state index in [1.165, 1.54) is 26.4 Å². The van der Waals surface area contributed by atoms with E-state index in [1.807, 2.05) is 6.92 Å². The summed E-state index contributed by atoms with van der Waals surface area (Å²) in [7, 11) is 1.43. The third kappa shape index (κ3) is 4.52. The molecule has 0 saturated carbocycles. The normalized spacial score (nSPS) is 16.6. The molecule has 0 radical (unpaired) electrons. The van der Waals surface area contributed by atoms with E-state index >= 15 is 0 Å². The lowest BCUT2D eigenvalue weighted by molar-refractivity contribution is -0.152. The Hall–Kier alpha value is -0.570. The number of ether oxygens (including phenoxy) is 1. The van der Waals surface area contributed by atoms with Gasteiger partial charge >= 0.3 is 5.97 Å². The topological polar surface area (TPSA) is 52.3 Å². The Balaban J connectivity index is 4.41. The molecule has 0 aromatic heterocycles. The molecule has 0 aromatic rings. The monoisotopic (exact) mass is 229 g/mol. The smallest absolute Gasteiger partial charge is 0.312 e. The van der Waals surface area contributed by atoms with Crippen LogP contribution in [0.5, 0.6) is 0 Å². The molecule has 0 aromatic carbocycles. The van der Waals surface area contributed by atoms with Gasteiger partial charge in [-0.05, 0) is 19.3 Å². The van der Waals surface area contributed by atoms with Crippen LogP contribution >= 0.6 is 0 Å². The van der Waals surface area contributed by atoms with Crippen molar-refractivity contribution in [2.24, 2.45) is 17.1 Å². The van der Waals surface area contributed by atoms with Crippen LogP contribution in [0.3, 0.4) is 0 Å². The molecule has 0 rings (SSSR count). The predicted octanol–water partition coefficient (Wildman–Crippen LogP) is 2.73. The molecule has 0 bridgehead atoms. The molecule has 3 nitrogen and oxygen atoms in total. The van der Waals surface area contributed by atoms with Gasteiger partial charge in [-0.25, -0.2) is 0 Å². The van der Waals surface area contributed by atoms with Crippen molar-refractivity contribution in [1.29, 1.82) is 0 Å². The first-order chi connectivity index (χ1) is 7.53. The lowest BCUT2D eigenvalue weighted by atomic mass is 9.78. The summed E-state index contributed by atoms with van der Waals surface area (Å²) in [6.07, 6.45) is 5.55. The van der Waals surface area contributed by atoms with Gasteiger partial charge < -0.3 is 10.5 Å². The van der Waals surface area contributed by atoms with Gasteiger partial charge in [0, 0.05) is 6.54 Å². The van der Waals surface area contributed by atoms with E-state index in [2.05, 4.69) is 13.8 Å². The molecular formula is C13H27NO2. The summed E-state index contributed by atoms with van der Waals surface area (Å²) in [5, 5.41) is 0. The van der Waals surface area contributed by atoms with Crippen molar-refractivity contribution in [2.75, 3.05) is 13.7 Å². The lowest BCUT2D eigenvalue weighted by Crippen LogP contribution is -2.38. The molecule has 0 aliphatic rings. The summed E-state index contributed by atoms with van der Waals surface area (Å²) in [5.41, 5.74) is 5.20. The second kappa shape index (κ2) is 7.66. The van der Waals surface area contributed by atoms with Crippen molar-refractivity contribution in [1.82, 2.24) is 0 Å². The van der Waals surface area contributed by atoms with E-state index in [1.54, 1.807) is 0 Å². The van der Waals surface area contributed by atoms with E-state index in [4.69, 9.17) is 10.5 Å². The highest BCUT2D eigenvalue weighted by atomic mass is 16.5. The molecule has 0 amide bonds. The Kier molecular flexibility index (Phi) is 7.39. The molecule has 0 aliphatic carbocycles. The molecule has 0 spiro atoms. The minimum atomic E-state index is -0.511. The predicted molar refractivity (Wildman–Crippen MR) is 67.1 cm³/mol. The number of hydrogen-bond donors (Lipinski definition) is 1. The maximum atomic E-state index is 11.7. The fraction of sp³-hybridized carbons (Fsp3) is 0.923. The van der Waals surface area contributed by atoms with Crippen molar-refractivity contribution >= 4 is 5.97 Å². The van der Waals surface area contributed by atoms with Gasteiger partial charge in [-0.3, -0.25) is 4.79 Å². The quantitative estimate of drug-likeness (QED) is 0.651. The number of methoxy groups -OCH3 is 1. The van der Waals surface area contributed by atoms with Gasteiger partial charge in [0.25, 0.3) is 0 Å². The highest BCUT2D eigenvalue weighted by molar-refractivity contribution is 5.76. The zero-order chi connectivity index (χ0) is 12.6. The van der Waals surface area contributed by atoms with Crippen molar-refractivity contribution in [3.05, 3.63) is 0 Å². The van der Waals surface area contributed by atoms with E-state index in [0.717, 1.165) is 12.8 Å². The van der Waals surface area contributed by atoms with Gasteiger partial charge in [-0.15, -0.1) is 0 Å². The molecule has 0 fully saturated rings. The summed E-state index contributed by atoms with van der Waals surface area (Å²) in [4.78, 5) is 11.7. The number of rotatable bonds is 8. The Morgan fingerprint density at radius 2 is 2.06 bits per heavy atom. The summed E-state index contributed by atoms with van der Waals surface area (Å²) in [6.45, 7) is 6.64. The summed E-state index contributed by atoms with van der Waals surface area (Å²) in [6, 6.07) is 0. The fourth-order valence-corrected chi connectivity index (χ4v) is 2.08. The van der Waals surface area contributed by atoms with Crippen molar-refractivity contribution in [3.8, 4) is 0 Å². The second-order valence-electron chi connectivity index (χ2n) is 4.88. The lowest BCUT2D eigenvalue weighted by Gasteiger charge is -2.29. The molecular weight excluding hydrogens is 202 g/mol. The standard InChI is InChI=1S/C13H27NO2/c1-5-7-8-11(6-2)9-13(3,10-14)12(15)16-4/h11H,5-10,14H2,1-4H3. The van der Waals surface area contributed by atoms with Crippen molar-refractivity contribution in [2.45, 2.75) is 52.9 Å². The number of carbonyl (C=O) groups excluding carboxylic acids is 1. The van der Waals surface area contributed by atoms with Crippen LogP contribution in [0.15, 0.2) is 0 Å². The van der Waals surface area contributed by atoms with Crippen molar-refractivity contribution < 1.29 is 9.53 Å². The van der Waals surface area contributed by atoms with Crippen LogP contribution in [-0.4, -0.2) is 19.6 Å². The van der Waals surface area contributed by atoms with Gasteiger partial charge in [0.2, 0.25) is 0 Å². The molecule has 0 saturated heterocycles. The largest absolute Gasteiger partial charge is 0.469 e. The van der Waals surface area contributed by atoms with Gasteiger partial charge in [-0.1, -0.05) is 39.5 Å². The fourth-order valence-electron chi connectivity index (χ4n) is 2.08. The van der Waals surface area contributed by atoms with Gasteiger partial charge in [0.1, 0.15) is 0 Å². The van der Waals surface area contributed by atoms with Crippen LogP contribution in [-0.2, 0) is 9.53 Å². The number of nitrogens with two attached hydrogens (primary N) is 1. The maximum Gasteiger partial charge on any atom is 0.312 e. The Morgan fingerprint density at radius 1 is 1.44 bits per heavy atom. The van der Waals surface area contributed by atoms with Crippen LogP contribution < -0.4 is 5.73 Å². The SMILES string of the molecule is CCCCC(CC)CC(C)(CN)C(=O)OC. The van der Waals surface area contributed by atoms with E-state index < -0.39 is 5.41 Å². The summed E-state index contributed by atoms with van der Waals surface area (Å²) < 4.78 is 4.84. The van der Waals surface area contributed by atoms with Crippen molar-refractivity contribution in [3.63, 3.8) is 0 Å². The Bertz CT molecular complexity index is 206. The minimum Gasteiger partial charge on any atom is -0.469 e. The molecule has 0 heterocycles. The average Bonchev–Trinajstić information content (AvgIpc) is 2.32. The maximum absolute atomic E-state index is 11.7. The molecule has 96 valence electrons. The number of unbranched alkanes of at least 4 members (excludes halogenated alkanes) is 1. The number of esters is 1. The van der Waals surface area contributed by atoms with E-state index in [9.17, 15) is 4.79 Å². The summed E-state index contributed by atoms with van der Waals surface area (Å²) >= 11 is 0. The first-order valence-corrected chi connectivity index (χ1v) is 6.32. The zero-order valence-electron chi connectivity index (χ0n) is 11.2. The number of hydrogen-bond acceptors (Lipinski definition) is 3. The Labute approximate surface area is 99.7 Å². The molecule has 2 N–H and O–H groups in total. The van der Waals surface area contributed by atoms with E-state index in [0.29, 0.717) is 12.5 Å². The van der Waals surface area contributed by atoms with Crippen LogP contribution in [0.1, 0.15) is 52.9 Å². The van der Waals surface area contributed by atoms with Crippen LogP contribution in [0.25, 0.3) is 0 Å². The highest BCUT2D eigenvalue weighted by Gasteiger charge is 2.34. The van der Waals surface area contributed by atoms with Gasteiger partial charge in [0.15, 0.2) is 0 Å². The molecule has 0 aliphatic heterocycles. The highest BCUT2D eigenvalue weighted by Crippen LogP contribution is 2.30. The third-order valence-electron chi connectivity index (χ3n) is 3.41. The Morgan fingerprint density at radius 3 is 2.44 bits per heavy atom. The first-order valence-electron chi connectivity index (χ1n) is 6.32. The van der Waals surface area contributed by atoms with Crippen LogP contribution in [0.4, 0.5) is 0 Å². The first kappa shape index (κ1) is 15.4. The number of carbonyl (C=O) groups is 1. The molecule has 3 heteroatoms.